The first-order chi connectivity index (χ1) is 11.8. The van der Waals surface area contributed by atoms with Gasteiger partial charge in [0.15, 0.2) is 5.16 Å². The largest absolute Gasteiger partial charge is 0.480 e. The average molecular weight is 363 g/mol. The number of nitrogens with zero attached hydrogens (tertiary/aromatic N) is 2. The summed E-state index contributed by atoms with van der Waals surface area (Å²) in [5.74, 6) is -2.08. The quantitative estimate of drug-likeness (QED) is 0.578. The second kappa shape index (κ2) is 8.57. The number of nitrogens with one attached hydrogen (secondary N) is 1. The van der Waals surface area contributed by atoms with E-state index >= 15 is 0 Å². The van der Waals surface area contributed by atoms with Gasteiger partial charge in [0.2, 0.25) is 5.91 Å². The molecule has 0 radical (unpaired) electrons. The molecule has 0 spiro atoms. The zero-order valence-corrected chi connectivity index (χ0v) is 14.6. The van der Waals surface area contributed by atoms with E-state index in [0.29, 0.717) is 10.7 Å². The van der Waals surface area contributed by atoms with Gasteiger partial charge in [-0.3, -0.25) is 4.79 Å². The molecule has 1 atom stereocenters. The van der Waals surface area contributed by atoms with Gasteiger partial charge in [-0.05, 0) is 37.6 Å². The number of amides is 1. The molecule has 0 saturated carbocycles. The summed E-state index contributed by atoms with van der Waals surface area (Å²) in [5, 5.41) is 12.2. The molecule has 2 N–H and O–H groups in total. The number of carboxylic acids is 1. The predicted molar refractivity (Wildman–Crippen MR) is 91.9 cm³/mol. The number of carboxylic acid groups (broad SMARTS) is 1. The zero-order valence-electron chi connectivity index (χ0n) is 13.8. The summed E-state index contributed by atoms with van der Waals surface area (Å²) in [5.41, 5.74) is 2.09. The van der Waals surface area contributed by atoms with Crippen molar-refractivity contribution in [3.05, 3.63) is 53.1 Å². The van der Waals surface area contributed by atoms with Crippen LogP contribution in [-0.2, 0) is 16.0 Å². The summed E-state index contributed by atoms with van der Waals surface area (Å²) in [7, 11) is 0. The van der Waals surface area contributed by atoms with Gasteiger partial charge in [0, 0.05) is 17.8 Å². The number of aliphatic carboxylic acids is 1. The minimum Gasteiger partial charge on any atom is -0.480 e. The van der Waals surface area contributed by atoms with Gasteiger partial charge in [-0.15, -0.1) is 0 Å². The zero-order chi connectivity index (χ0) is 18.4. The Bertz CT molecular complexity index is 765. The van der Waals surface area contributed by atoms with Crippen LogP contribution in [0.4, 0.5) is 4.39 Å². The molecule has 25 heavy (non-hydrogen) atoms. The molecule has 1 amide bonds. The Hall–Kier alpha value is -2.48. The fraction of sp³-hybridized carbons (Fsp3) is 0.294. The fourth-order valence-electron chi connectivity index (χ4n) is 2.22. The lowest BCUT2D eigenvalue weighted by Crippen LogP contribution is -2.43. The third kappa shape index (κ3) is 6.15. The molecule has 1 aromatic carbocycles. The third-order valence-corrected chi connectivity index (χ3v) is 4.10. The molecule has 0 aliphatic carbocycles. The van der Waals surface area contributed by atoms with Gasteiger partial charge in [-0.1, -0.05) is 23.9 Å². The Morgan fingerprint density at radius 3 is 2.52 bits per heavy atom. The van der Waals surface area contributed by atoms with Crippen molar-refractivity contribution in [2.45, 2.75) is 31.5 Å². The van der Waals surface area contributed by atoms with Crippen LogP contribution in [0.2, 0.25) is 0 Å². The number of hydrogen-bond acceptors (Lipinski definition) is 5. The molecule has 0 aliphatic heterocycles. The first kappa shape index (κ1) is 18.9. The molecule has 0 bridgehead atoms. The van der Waals surface area contributed by atoms with E-state index in [9.17, 15) is 19.1 Å². The van der Waals surface area contributed by atoms with E-state index in [2.05, 4.69) is 15.3 Å². The van der Waals surface area contributed by atoms with Crippen LogP contribution in [-0.4, -0.2) is 38.7 Å². The Balaban J connectivity index is 1.94. The highest BCUT2D eigenvalue weighted by Crippen LogP contribution is 2.14. The molecular weight excluding hydrogens is 345 g/mol. The number of benzene rings is 1. The van der Waals surface area contributed by atoms with Crippen molar-refractivity contribution < 1.29 is 19.1 Å². The molecule has 8 heteroatoms. The van der Waals surface area contributed by atoms with Crippen LogP contribution in [0.15, 0.2) is 35.5 Å². The maximum Gasteiger partial charge on any atom is 0.326 e. The van der Waals surface area contributed by atoms with Crippen molar-refractivity contribution in [1.82, 2.24) is 15.3 Å². The Morgan fingerprint density at radius 1 is 1.24 bits per heavy atom. The highest BCUT2D eigenvalue weighted by Gasteiger charge is 2.21. The molecule has 1 heterocycles. The van der Waals surface area contributed by atoms with Gasteiger partial charge in [0.25, 0.3) is 0 Å². The molecule has 2 aromatic rings. The monoisotopic (exact) mass is 363 g/mol. The Labute approximate surface area is 148 Å². The number of halogens is 1. The maximum absolute atomic E-state index is 13.2. The topological polar surface area (TPSA) is 92.2 Å². The number of thioether (sulfide) groups is 1. The summed E-state index contributed by atoms with van der Waals surface area (Å²) in [4.78, 5) is 31.8. The van der Waals surface area contributed by atoms with Crippen LogP contribution in [0.3, 0.4) is 0 Å². The fourth-order valence-corrected chi connectivity index (χ4v) is 2.98. The Kier molecular flexibility index (Phi) is 6.46. The van der Waals surface area contributed by atoms with Crippen LogP contribution < -0.4 is 5.32 Å². The van der Waals surface area contributed by atoms with E-state index in [4.69, 9.17) is 0 Å². The highest BCUT2D eigenvalue weighted by molar-refractivity contribution is 7.99. The van der Waals surface area contributed by atoms with Crippen molar-refractivity contribution in [1.29, 1.82) is 0 Å². The normalized spacial score (nSPS) is 11.8. The third-order valence-electron chi connectivity index (χ3n) is 3.26. The molecule has 132 valence electrons. The highest BCUT2D eigenvalue weighted by atomic mass is 32.2. The predicted octanol–water partition coefficient (Wildman–Crippen LogP) is 2.14. The summed E-state index contributed by atoms with van der Waals surface area (Å²) >= 11 is 1.13. The second-order valence-electron chi connectivity index (χ2n) is 5.51. The molecular formula is C17H18FN3O3S. The van der Waals surface area contributed by atoms with Crippen molar-refractivity contribution in [3.63, 3.8) is 0 Å². The van der Waals surface area contributed by atoms with E-state index in [-0.39, 0.29) is 12.2 Å². The van der Waals surface area contributed by atoms with Crippen LogP contribution >= 0.6 is 11.8 Å². The number of rotatable bonds is 7. The number of aromatic nitrogens is 2. The number of carbonyl (C=O) groups excluding carboxylic acids is 1. The molecule has 0 saturated heterocycles. The summed E-state index contributed by atoms with van der Waals surface area (Å²) in [6, 6.07) is 6.33. The summed E-state index contributed by atoms with van der Waals surface area (Å²) < 4.78 is 13.2. The second-order valence-corrected chi connectivity index (χ2v) is 6.46. The lowest BCUT2D eigenvalue weighted by Gasteiger charge is -2.14. The maximum atomic E-state index is 13.2. The molecule has 1 unspecified atom stereocenters. The molecule has 2 rings (SSSR count). The first-order valence-corrected chi connectivity index (χ1v) is 8.54. The Morgan fingerprint density at radius 2 is 1.92 bits per heavy atom. The van der Waals surface area contributed by atoms with Gasteiger partial charge in [0.1, 0.15) is 11.9 Å². The van der Waals surface area contributed by atoms with Crippen molar-refractivity contribution in [3.8, 4) is 0 Å². The van der Waals surface area contributed by atoms with Gasteiger partial charge in [-0.25, -0.2) is 19.2 Å². The van der Waals surface area contributed by atoms with Gasteiger partial charge in [0.05, 0.1) is 5.75 Å². The molecule has 1 aromatic heterocycles. The van der Waals surface area contributed by atoms with E-state index in [1.165, 1.54) is 18.2 Å². The van der Waals surface area contributed by atoms with Crippen LogP contribution in [0.1, 0.15) is 17.0 Å². The number of aryl methyl sites for hydroxylation is 2. The van der Waals surface area contributed by atoms with Crippen LogP contribution in [0, 0.1) is 19.7 Å². The van der Waals surface area contributed by atoms with Crippen molar-refractivity contribution >= 4 is 23.6 Å². The van der Waals surface area contributed by atoms with Crippen molar-refractivity contribution in [2.24, 2.45) is 0 Å². The molecule has 0 aliphatic rings. The number of carbonyl (C=O) groups is 2. The number of hydrogen-bond donors (Lipinski definition) is 2. The van der Waals surface area contributed by atoms with E-state index in [0.717, 1.165) is 23.1 Å². The van der Waals surface area contributed by atoms with E-state index in [1.54, 1.807) is 6.07 Å². The van der Waals surface area contributed by atoms with Gasteiger partial charge >= 0.3 is 5.97 Å². The van der Waals surface area contributed by atoms with Crippen LogP contribution in [0.25, 0.3) is 0 Å². The molecule has 6 nitrogen and oxygen atoms in total. The smallest absolute Gasteiger partial charge is 0.326 e. The lowest BCUT2D eigenvalue weighted by molar-refractivity contribution is -0.141. The van der Waals surface area contributed by atoms with Crippen LogP contribution in [0.5, 0.6) is 0 Å². The molecule has 0 fully saturated rings. The average Bonchev–Trinajstić information content (AvgIpc) is 2.51. The van der Waals surface area contributed by atoms with Gasteiger partial charge in [-0.2, -0.15) is 0 Å². The minimum atomic E-state index is -1.18. The minimum absolute atomic E-state index is 0.00353. The van der Waals surface area contributed by atoms with Crippen molar-refractivity contribution in [2.75, 3.05) is 5.75 Å². The summed E-state index contributed by atoms with van der Waals surface area (Å²) in [6.07, 6.45) is 0.00353. The summed E-state index contributed by atoms with van der Waals surface area (Å²) in [6.45, 7) is 3.66. The lowest BCUT2D eigenvalue weighted by atomic mass is 10.1. The van der Waals surface area contributed by atoms with E-state index < -0.39 is 23.7 Å². The van der Waals surface area contributed by atoms with E-state index in [1.807, 2.05) is 19.9 Å². The SMILES string of the molecule is Cc1cc(C)nc(SCC(=O)NC(Cc2cccc(F)c2)C(=O)O)n1. The van der Waals surface area contributed by atoms with Gasteiger partial charge < -0.3 is 10.4 Å². The standard InChI is InChI=1S/C17H18FN3O3S/c1-10-6-11(2)20-17(19-10)25-9-15(22)21-14(16(23)24)8-12-4-3-5-13(18)7-12/h3-7,14H,8-9H2,1-2H3,(H,21,22)(H,23,24). The first-order valence-electron chi connectivity index (χ1n) is 7.55.